The molecule has 0 radical (unpaired) electrons. The second kappa shape index (κ2) is 6.00. The fourth-order valence-corrected chi connectivity index (χ4v) is 6.81. The molecule has 1 aromatic carbocycles. The number of rotatable bonds is 3. The molecule has 1 amide bonds. The van der Waals surface area contributed by atoms with E-state index in [4.69, 9.17) is 9.57 Å². The quantitative estimate of drug-likeness (QED) is 0.793. The van der Waals surface area contributed by atoms with Crippen LogP contribution in [0.4, 0.5) is 5.69 Å². The lowest BCUT2D eigenvalue weighted by Crippen LogP contribution is -2.63. The third kappa shape index (κ3) is 1.89. The number of carbonyl (C=O) groups excluding carboxylic acids is 1. The highest BCUT2D eigenvalue weighted by molar-refractivity contribution is 6.07. The van der Waals surface area contributed by atoms with Crippen molar-refractivity contribution in [1.29, 1.82) is 0 Å². The Morgan fingerprint density at radius 2 is 2.14 bits per heavy atom. The number of benzene rings is 1. The molecule has 0 aromatic heterocycles. The summed E-state index contributed by atoms with van der Waals surface area (Å²) in [6.07, 6.45) is 0.259. The second-order valence-electron chi connectivity index (χ2n) is 8.81. The summed E-state index contributed by atoms with van der Waals surface area (Å²) in [5.41, 5.74) is 0.252. The van der Waals surface area contributed by atoms with E-state index in [9.17, 15) is 15.0 Å². The van der Waals surface area contributed by atoms with Crippen LogP contribution in [0, 0.1) is 11.8 Å². The van der Waals surface area contributed by atoms with Crippen LogP contribution in [-0.4, -0.2) is 72.2 Å². The summed E-state index contributed by atoms with van der Waals surface area (Å²) in [4.78, 5) is 21.3. The normalized spacial score (nSPS) is 42.9. The Morgan fingerprint density at radius 1 is 1.39 bits per heavy atom. The van der Waals surface area contributed by atoms with Crippen LogP contribution < -0.4 is 5.06 Å². The highest BCUT2D eigenvalue weighted by Gasteiger charge is 2.70. The molecular formula is C21H28N2O5. The lowest BCUT2D eigenvalue weighted by atomic mass is 9.68. The summed E-state index contributed by atoms with van der Waals surface area (Å²) >= 11 is 0. The molecule has 3 saturated heterocycles. The molecule has 28 heavy (non-hydrogen) atoms. The number of aliphatic hydroxyl groups is 2. The molecule has 5 aliphatic rings. The Bertz CT molecular complexity index is 816. The summed E-state index contributed by atoms with van der Waals surface area (Å²) in [5, 5.41) is 22.4. The molecule has 2 N–H and O–H groups in total. The van der Waals surface area contributed by atoms with Gasteiger partial charge in [-0.2, -0.15) is 5.06 Å². The molecule has 1 aromatic rings. The van der Waals surface area contributed by atoms with Gasteiger partial charge in [0.15, 0.2) is 0 Å². The summed E-state index contributed by atoms with van der Waals surface area (Å²) in [6, 6.07) is 7.83. The van der Waals surface area contributed by atoms with Gasteiger partial charge in [0.1, 0.15) is 5.41 Å². The molecule has 7 atom stereocenters. The van der Waals surface area contributed by atoms with Gasteiger partial charge >= 0.3 is 0 Å². The fourth-order valence-electron chi connectivity index (χ4n) is 6.81. The minimum Gasteiger partial charge on any atom is -0.394 e. The molecule has 4 aliphatic heterocycles. The smallest absolute Gasteiger partial charge is 0.264 e. The van der Waals surface area contributed by atoms with E-state index >= 15 is 0 Å². The zero-order valence-electron chi connectivity index (χ0n) is 16.5. The predicted octanol–water partition coefficient (Wildman–Crippen LogP) is 0.683. The average Bonchev–Trinajstić information content (AvgIpc) is 2.92. The lowest BCUT2D eigenvalue weighted by molar-refractivity contribution is -0.145. The van der Waals surface area contributed by atoms with Crippen molar-refractivity contribution < 1.29 is 24.6 Å². The van der Waals surface area contributed by atoms with E-state index in [1.165, 1.54) is 12.2 Å². The van der Waals surface area contributed by atoms with Crippen molar-refractivity contribution in [2.75, 3.05) is 32.4 Å². The molecule has 1 saturated carbocycles. The van der Waals surface area contributed by atoms with Crippen LogP contribution in [0.1, 0.15) is 25.3 Å². The lowest BCUT2D eigenvalue weighted by Gasteiger charge is -2.49. The standard InChI is InChI=1S/C21H28N2O5/c1-12(25)21(11-24)15-8-18-20(9-17(22(21)2)13(15)10-28-18)14-6-4-5-7-16(14)23(27-3)19(20)26/h4-7,12-13,15,17-18,24-25H,8-11H2,1-3H3/t12-,13-,15+,17-,18+,20-,21+/m0/s1. The van der Waals surface area contributed by atoms with Gasteiger partial charge < -0.3 is 14.9 Å². The number of aliphatic hydroxyl groups excluding tert-OH is 2. The van der Waals surface area contributed by atoms with Crippen molar-refractivity contribution in [2.45, 2.75) is 49.0 Å². The Balaban J connectivity index is 1.67. The van der Waals surface area contributed by atoms with E-state index in [1.807, 2.05) is 31.3 Å². The number of hydrogen-bond donors (Lipinski definition) is 2. The first kappa shape index (κ1) is 18.5. The van der Waals surface area contributed by atoms with E-state index in [0.29, 0.717) is 19.4 Å². The molecule has 0 unspecified atom stereocenters. The Hall–Kier alpha value is -1.51. The van der Waals surface area contributed by atoms with Crippen LogP contribution in [0.15, 0.2) is 24.3 Å². The molecule has 6 rings (SSSR count). The molecule has 4 bridgehead atoms. The highest BCUT2D eigenvalue weighted by atomic mass is 16.7. The first-order valence-corrected chi connectivity index (χ1v) is 10.0. The SMILES string of the molecule is CON1C(=O)[C@@]2(C[C@H]3[C@H]4CO[C@@H]2C[C@H]4[C@@](CO)([C@H](C)O)N3C)c2ccccc21. The third-order valence-corrected chi connectivity index (χ3v) is 8.17. The summed E-state index contributed by atoms with van der Waals surface area (Å²) in [5.74, 6) is 0.176. The van der Waals surface area contributed by atoms with Gasteiger partial charge in [0.25, 0.3) is 5.91 Å². The number of hydrogen-bond acceptors (Lipinski definition) is 6. The maximum absolute atomic E-state index is 13.7. The van der Waals surface area contributed by atoms with Crippen molar-refractivity contribution in [3.8, 4) is 0 Å². The Labute approximate surface area is 164 Å². The first-order chi connectivity index (χ1) is 13.4. The summed E-state index contributed by atoms with van der Waals surface area (Å²) < 4.78 is 6.31. The Morgan fingerprint density at radius 3 is 2.82 bits per heavy atom. The number of hydroxylamine groups is 1. The van der Waals surface area contributed by atoms with Gasteiger partial charge in [-0.15, -0.1) is 0 Å². The van der Waals surface area contributed by atoms with Crippen LogP contribution in [0.5, 0.6) is 0 Å². The van der Waals surface area contributed by atoms with Crippen molar-refractivity contribution in [1.82, 2.24) is 4.90 Å². The number of para-hydroxylation sites is 1. The van der Waals surface area contributed by atoms with E-state index in [2.05, 4.69) is 4.90 Å². The molecule has 152 valence electrons. The predicted molar refractivity (Wildman–Crippen MR) is 102 cm³/mol. The zero-order valence-corrected chi connectivity index (χ0v) is 16.5. The zero-order chi connectivity index (χ0) is 19.8. The number of carbonyl (C=O) groups is 1. The number of likely N-dealkylation sites (tertiary alicyclic amines) is 1. The van der Waals surface area contributed by atoms with Crippen molar-refractivity contribution >= 4 is 11.6 Å². The average molecular weight is 388 g/mol. The number of anilines is 1. The second-order valence-corrected chi connectivity index (χ2v) is 8.81. The number of nitrogens with zero attached hydrogens (tertiary/aromatic N) is 2. The van der Waals surface area contributed by atoms with E-state index in [-0.39, 0.29) is 36.5 Å². The van der Waals surface area contributed by atoms with Gasteiger partial charge in [-0.05, 0) is 44.4 Å². The number of fused-ring (bicyclic) bond motifs is 2. The van der Waals surface area contributed by atoms with Gasteiger partial charge in [0.05, 0.1) is 43.8 Å². The third-order valence-electron chi connectivity index (χ3n) is 8.17. The topological polar surface area (TPSA) is 82.5 Å². The maximum Gasteiger partial charge on any atom is 0.264 e. The molecule has 4 fully saturated rings. The van der Waals surface area contributed by atoms with Gasteiger partial charge in [0, 0.05) is 12.0 Å². The van der Waals surface area contributed by atoms with Crippen LogP contribution in [0.3, 0.4) is 0 Å². The summed E-state index contributed by atoms with van der Waals surface area (Å²) in [7, 11) is 3.49. The van der Waals surface area contributed by atoms with E-state index < -0.39 is 17.1 Å². The van der Waals surface area contributed by atoms with Gasteiger partial charge in [0.2, 0.25) is 0 Å². The first-order valence-electron chi connectivity index (χ1n) is 10.0. The van der Waals surface area contributed by atoms with Crippen molar-refractivity contribution in [2.24, 2.45) is 11.8 Å². The molecule has 7 nitrogen and oxygen atoms in total. The van der Waals surface area contributed by atoms with Crippen LogP contribution in [0.2, 0.25) is 0 Å². The maximum atomic E-state index is 13.7. The van der Waals surface area contributed by atoms with E-state index in [0.717, 1.165) is 11.3 Å². The van der Waals surface area contributed by atoms with Crippen LogP contribution >= 0.6 is 0 Å². The fraction of sp³-hybridized carbons (Fsp3) is 0.667. The molecule has 4 heterocycles. The highest BCUT2D eigenvalue weighted by Crippen LogP contribution is 2.60. The molecule has 1 spiro atoms. The summed E-state index contributed by atoms with van der Waals surface area (Å²) in [6.45, 7) is 2.20. The van der Waals surface area contributed by atoms with Crippen molar-refractivity contribution in [3.63, 3.8) is 0 Å². The van der Waals surface area contributed by atoms with Gasteiger partial charge in [-0.25, -0.2) is 0 Å². The van der Waals surface area contributed by atoms with Crippen LogP contribution in [-0.2, 0) is 19.8 Å². The minimum atomic E-state index is -0.796. The van der Waals surface area contributed by atoms with E-state index in [1.54, 1.807) is 6.92 Å². The Kier molecular flexibility index (Phi) is 3.97. The van der Waals surface area contributed by atoms with Gasteiger partial charge in [-0.1, -0.05) is 18.2 Å². The number of amides is 1. The molecule has 7 heteroatoms. The monoisotopic (exact) mass is 388 g/mol. The molecular weight excluding hydrogens is 360 g/mol. The van der Waals surface area contributed by atoms with Crippen molar-refractivity contribution in [3.05, 3.63) is 29.8 Å². The van der Waals surface area contributed by atoms with Gasteiger partial charge in [-0.3, -0.25) is 14.5 Å². The number of likely N-dealkylation sites (N-methyl/N-ethyl adjacent to an activating group) is 1. The minimum absolute atomic E-state index is 0.0352. The molecule has 1 aliphatic carbocycles. The number of ether oxygens (including phenoxy) is 1. The van der Waals surface area contributed by atoms with Crippen LogP contribution in [0.25, 0.3) is 0 Å². The largest absolute Gasteiger partial charge is 0.394 e.